The Hall–Kier alpha value is -4.04. The van der Waals surface area contributed by atoms with E-state index < -0.39 is 5.97 Å². The van der Waals surface area contributed by atoms with Crippen LogP contribution in [-0.2, 0) is 17.8 Å². The lowest BCUT2D eigenvalue weighted by Gasteiger charge is -2.13. The highest BCUT2D eigenvalue weighted by Crippen LogP contribution is 2.33. The lowest BCUT2D eigenvalue weighted by atomic mass is 10.1. The molecule has 0 bridgehead atoms. The van der Waals surface area contributed by atoms with Gasteiger partial charge in [-0.05, 0) is 84.3 Å². The summed E-state index contributed by atoms with van der Waals surface area (Å²) in [6, 6.07) is 19.9. The van der Waals surface area contributed by atoms with Crippen LogP contribution in [0.5, 0.6) is 11.5 Å². The highest BCUT2D eigenvalue weighted by molar-refractivity contribution is 8.18. The maximum absolute atomic E-state index is 12.5. The number of carbonyl (C=O) groups excluding carboxylic acids is 1. The Morgan fingerprint density at radius 2 is 1.69 bits per heavy atom. The van der Waals surface area contributed by atoms with Crippen molar-refractivity contribution in [2.45, 2.75) is 26.9 Å². The number of amidine groups is 1. The third-order valence-corrected chi connectivity index (χ3v) is 6.30. The van der Waals surface area contributed by atoms with Crippen molar-refractivity contribution >= 4 is 40.6 Å². The van der Waals surface area contributed by atoms with Crippen molar-refractivity contribution < 1.29 is 24.2 Å². The fraction of sp³-hybridized carbons (Fsp3) is 0.179. The summed E-state index contributed by atoms with van der Waals surface area (Å²) >= 11 is 1.29. The minimum Gasteiger partial charge on any atom is -0.490 e. The van der Waals surface area contributed by atoms with Gasteiger partial charge in [-0.1, -0.05) is 37.3 Å². The molecule has 0 aromatic heterocycles. The predicted octanol–water partition coefficient (Wildman–Crippen LogP) is 5.82. The van der Waals surface area contributed by atoms with Gasteiger partial charge in [0.05, 0.1) is 22.8 Å². The van der Waals surface area contributed by atoms with Crippen LogP contribution in [0, 0.1) is 0 Å². The molecule has 1 aliphatic rings. The van der Waals surface area contributed by atoms with E-state index in [1.165, 1.54) is 17.3 Å². The monoisotopic (exact) mass is 502 g/mol. The second kappa shape index (κ2) is 11.6. The normalized spacial score (nSPS) is 15.2. The molecule has 8 heteroatoms. The topological polar surface area (TPSA) is 97.2 Å². The molecule has 0 atom stereocenters. The van der Waals surface area contributed by atoms with E-state index in [4.69, 9.17) is 14.6 Å². The van der Waals surface area contributed by atoms with E-state index in [1.54, 1.807) is 36.4 Å². The number of rotatable bonds is 9. The smallest absolute Gasteiger partial charge is 0.335 e. The lowest BCUT2D eigenvalue weighted by molar-refractivity contribution is -0.115. The third-order valence-electron chi connectivity index (χ3n) is 5.39. The standard InChI is InChI=1S/C28H26N2O5S/c1-3-18-7-12-22(13-8-18)29-28-30-26(31)25(36-28)16-20-9-14-23(24(15-20)34-4-2)35-17-19-5-10-21(11-6-19)27(32)33/h5-16H,3-4,17H2,1-2H3,(H,32,33)(H,29,30,31)/b25-16-. The SMILES string of the molecule is CCOc1cc(/C=C2\SC(=Nc3ccc(CC)cc3)NC2=O)ccc1OCc1ccc(C(=O)O)cc1. The Bertz CT molecular complexity index is 1310. The van der Waals surface area contributed by atoms with Crippen LogP contribution in [0.1, 0.15) is 40.9 Å². The molecular formula is C28H26N2O5S. The molecule has 1 amide bonds. The van der Waals surface area contributed by atoms with Gasteiger partial charge in [0.1, 0.15) is 6.61 Å². The van der Waals surface area contributed by atoms with Crippen molar-refractivity contribution in [3.63, 3.8) is 0 Å². The van der Waals surface area contributed by atoms with Crippen molar-refractivity contribution in [1.29, 1.82) is 0 Å². The van der Waals surface area contributed by atoms with E-state index in [2.05, 4.69) is 17.2 Å². The summed E-state index contributed by atoms with van der Waals surface area (Å²) in [6.45, 7) is 4.70. The first-order valence-electron chi connectivity index (χ1n) is 11.6. The van der Waals surface area contributed by atoms with Gasteiger partial charge in [0.25, 0.3) is 5.91 Å². The van der Waals surface area contributed by atoms with Crippen LogP contribution in [-0.4, -0.2) is 28.8 Å². The Labute approximate surface area is 213 Å². The Kier molecular flexibility index (Phi) is 8.07. The molecule has 36 heavy (non-hydrogen) atoms. The van der Waals surface area contributed by atoms with Crippen LogP contribution in [0.15, 0.2) is 76.6 Å². The van der Waals surface area contributed by atoms with Gasteiger partial charge in [0, 0.05) is 0 Å². The molecule has 1 fully saturated rings. The highest BCUT2D eigenvalue weighted by Gasteiger charge is 2.24. The highest BCUT2D eigenvalue weighted by atomic mass is 32.2. The van der Waals surface area contributed by atoms with E-state index in [9.17, 15) is 9.59 Å². The summed E-state index contributed by atoms with van der Waals surface area (Å²) in [7, 11) is 0. The molecule has 3 aromatic carbocycles. The maximum atomic E-state index is 12.5. The summed E-state index contributed by atoms with van der Waals surface area (Å²) in [5.41, 5.74) is 3.87. The van der Waals surface area contributed by atoms with Gasteiger partial charge in [-0.2, -0.15) is 0 Å². The number of hydrogen-bond donors (Lipinski definition) is 2. The molecule has 0 aliphatic carbocycles. The molecule has 2 N–H and O–H groups in total. The Morgan fingerprint density at radius 3 is 2.36 bits per heavy atom. The zero-order chi connectivity index (χ0) is 25.5. The number of hydrogen-bond acceptors (Lipinski definition) is 6. The molecule has 0 spiro atoms. The fourth-order valence-electron chi connectivity index (χ4n) is 3.46. The number of carboxylic acid groups (broad SMARTS) is 1. The molecule has 3 aromatic rings. The minimum atomic E-state index is -0.969. The lowest BCUT2D eigenvalue weighted by Crippen LogP contribution is -2.19. The molecule has 184 valence electrons. The van der Waals surface area contributed by atoms with Crippen molar-refractivity contribution in [2.75, 3.05) is 6.61 Å². The van der Waals surface area contributed by atoms with E-state index in [-0.39, 0.29) is 18.1 Å². The van der Waals surface area contributed by atoms with Gasteiger partial charge in [-0.3, -0.25) is 4.79 Å². The minimum absolute atomic E-state index is 0.202. The summed E-state index contributed by atoms with van der Waals surface area (Å²) in [6.07, 6.45) is 2.75. The number of carbonyl (C=O) groups is 2. The second-order valence-corrected chi connectivity index (χ2v) is 8.96. The number of aliphatic imine (C=N–C) groups is 1. The van der Waals surface area contributed by atoms with E-state index in [1.807, 2.05) is 43.3 Å². The first-order chi connectivity index (χ1) is 17.4. The van der Waals surface area contributed by atoms with Crippen LogP contribution in [0.25, 0.3) is 6.08 Å². The van der Waals surface area contributed by atoms with Crippen LogP contribution < -0.4 is 14.8 Å². The van der Waals surface area contributed by atoms with Crippen LogP contribution in [0.4, 0.5) is 5.69 Å². The summed E-state index contributed by atoms with van der Waals surface area (Å²) in [5, 5.41) is 12.4. The van der Waals surface area contributed by atoms with Crippen molar-refractivity contribution in [3.05, 3.63) is 93.9 Å². The quantitative estimate of drug-likeness (QED) is 0.358. The molecular weight excluding hydrogens is 476 g/mol. The predicted molar refractivity (Wildman–Crippen MR) is 142 cm³/mol. The average molecular weight is 503 g/mol. The van der Waals surface area contributed by atoms with Gasteiger partial charge in [0.2, 0.25) is 0 Å². The zero-order valence-electron chi connectivity index (χ0n) is 20.0. The second-order valence-electron chi connectivity index (χ2n) is 7.93. The van der Waals surface area contributed by atoms with Crippen molar-refractivity contribution in [2.24, 2.45) is 4.99 Å². The van der Waals surface area contributed by atoms with Crippen LogP contribution in [0.2, 0.25) is 0 Å². The Morgan fingerprint density at radius 1 is 0.972 bits per heavy atom. The van der Waals surface area contributed by atoms with E-state index in [0.717, 1.165) is 23.2 Å². The van der Waals surface area contributed by atoms with Crippen LogP contribution in [0.3, 0.4) is 0 Å². The first-order valence-corrected chi connectivity index (χ1v) is 12.4. The summed E-state index contributed by atoms with van der Waals surface area (Å²) < 4.78 is 11.7. The number of nitrogens with zero attached hydrogens (tertiary/aromatic N) is 1. The molecule has 7 nitrogen and oxygen atoms in total. The van der Waals surface area contributed by atoms with E-state index >= 15 is 0 Å². The number of amides is 1. The molecule has 0 radical (unpaired) electrons. The van der Waals surface area contributed by atoms with Gasteiger partial charge in [-0.25, -0.2) is 9.79 Å². The third kappa shape index (κ3) is 6.34. The molecule has 0 saturated carbocycles. The largest absolute Gasteiger partial charge is 0.490 e. The number of carboxylic acids is 1. The first kappa shape index (κ1) is 25.1. The number of thioether (sulfide) groups is 1. The fourth-order valence-corrected chi connectivity index (χ4v) is 4.30. The average Bonchev–Trinajstić information content (AvgIpc) is 3.22. The molecule has 4 rings (SSSR count). The number of aryl methyl sites for hydroxylation is 1. The molecule has 1 heterocycles. The number of aromatic carboxylic acids is 1. The van der Waals surface area contributed by atoms with Crippen molar-refractivity contribution in [3.8, 4) is 11.5 Å². The van der Waals surface area contributed by atoms with Gasteiger partial charge in [-0.15, -0.1) is 0 Å². The van der Waals surface area contributed by atoms with Gasteiger partial charge < -0.3 is 19.9 Å². The zero-order valence-corrected chi connectivity index (χ0v) is 20.8. The van der Waals surface area contributed by atoms with Crippen molar-refractivity contribution in [1.82, 2.24) is 5.32 Å². The summed E-state index contributed by atoms with van der Waals surface area (Å²) in [4.78, 5) is 28.6. The number of nitrogens with one attached hydrogen (secondary N) is 1. The van der Waals surface area contributed by atoms with Crippen LogP contribution >= 0.6 is 11.8 Å². The van der Waals surface area contributed by atoms with Gasteiger partial charge in [0.15, 0.2) is 16.7 Å². The molecule has 1 saturated heterocycles. The summed E-state index contributed by atoms with van der Waals surface area (Å²) in [5.74, 6) is -0.0547. The number of ether oxygens (including phenoxy) is 2. The molecule has 0 unspecified atom stereocenters. The Balaban J connectivity index is 1.47. The van der Waals surface area contributed by atoms with Gasteiger partial charge >= 0.3 is 5.97 Å². The molecule has 1 aliphatic heterocycles. The number of benzene rings is 3. The van der Waals surface area contributed by atoms with E-state index in [0.29, 0.717) is 28.2 Å². The maximum Gasteiger partial charge on any atom is 0.335 e.